The molecule has 2 aromatic carbocycles. The first-order valence-electron chi connectivity index (χ1n) is 7.40. The van der Waals surface area contributed by atoms with E-state index in [-0.39, 0.29) is 12.2 Å². The lowest BCUT2D eigenvalue weighted by Crippen LogP contribution is -2.41. The summed E-state index contributed by atoms with van der Waals surface area (Å²) in [4.78, 5) is 35.6. The number of hydrogen-bond donors (Lipinski definition) is 3. The van der Waals surface area contributed by atoms with Gasteiger partial charge in [0.1, 0.15) is 0 Å². The van der Waals surface area contributed by atoms with Crippen molar-refractivity contribution in [3.63, 3.8) is 0 Å². The number of anilines is 1. The van der Waals surface area contributed by atoms with E-state index in [2.05, 4.69) is 32.1 Å². The molecule has 0 aliphatic carbocycles. The van der Waals surface area contributed by atoms with Crippen LogP contribution in [0.4, 0.5) is 10.5 Å². The fourth-order valence-corrected chi connectivity index (χ4v) is 2.39. The van der Waals surface area contributed by atoms with E-state index in [1.165, 1.54) is 6.07 Å². The number of hydrogen-bond acceptors (Lipinski definition) is 4. The second-order valence-corrected chi connectivity index (χ2v) is 5.67. The van der Waals surface area contributed by atoms with Crippen molar-refractivity contribution < 1.29 is 19.1 Å². The van der Waals surface area contributed by atoms with Crippen molar-refractivity contribution in [2.24, 2.45) is 0 Å². The fourth-order valence-electron chi connectivity index (χ4n) is 1.92. The van der Waals surface area contributed by atoms with Crippen molar-refractivity contribution in [2.45, 2.75) is 6.92 Å². The molecular weight excluding hydrogens is 390 g/mol. The molecule has 0 aromatic heterocycles. The molecule has 0 bridgehead atoms. The summed E-state index contributed by atoms with van der Waals surface area (Å²) in [6.07, 6.45) is -0.609. The standard InChI is InChI=1S/C17H16BrN3O4/c1-2-25-17(24)19-12-7-5-6-11(10-12)15(22)20-21-16(23)13-8-3-4-9-14(13)18/h3-10H,2H2,1H3,(H,19,24)(H,20,22)(H,21,23). The number of carbonyl (C=O) groups is 3. The van der Waals surface area contributed by atoms with Crippen molar-refractivity contribution in [3.8, 4) is 0 Å². The van der Waals surface area contributed by atoms with Gasteiger partial charge in [0, 0.05) is 15.7 Å². The lowest BCUT2D eigenvalue weighted by atomic mass is 10.2. The molecule has 0 atom stereocenters. The lowest BCUT2D eigenvalue weighted by Gasteiger charge is -2.10. The molecule has 25 heavy (non-hydrogen) atoms. The molecule has 7 nitrogen and oxygen atoms in total. The molecule has 0 saturated carbocycles. The Balaban J connectivity index is 1.98. The van der Waals surface area contributed by atoms with Gasteiger partial charge in [0.15, 0.2) is 0 Å². The van der Waals surface area contributed by atoms with Gasteiger partial charge >= 0.3 is 6.09 Å². The largest absolute Gasteiger partial charge is 0.450 e. The maximum atomic E-state index is 12.1. The molecule has 2 rings (SSSR count). The van der Waals surface area contributed by atoms with Gasteiger partial charge in [-0.3, -0.25) is 25.8 Å². The van der Waals surface area contributed by atoms with Crippen LogP contribution < -0.4 is 16.2 Å². The summed E-state index contributed by atoms with van der Waals surface area (Å²) >= 11 is 3.27. The molecule has 0 heterocycles. The minimum Gasteiger partial charge on any atom is -0.450 e. The summed E-state index contributed by atoms with van der Waals surface area (Å²) < 4.78 is 5.39. The summed E-state index contributed by atoms with van der Waals surface area (Å²) in [6.45, 7) is 1.93. The van der Waals surface area contributed by atoms with Crippen LogP contribution in [0.2, 0.25) is 0 Å². The van der Waals surface area contributed by atoms with Gasteiger partial charge < -0.3 is 4.74 Å². The molecular formula is C17H16BrN3O4. The SMILES string of the molecule is CCOC(=O)Nc1cccc(C(=O)NNC(=O)c2ccccc2Br)c1. The van der Waals surface area contributed by atoms with E-state index < -0.39 is 17.9 Å². The topological polar surface area (TPSA) is 96.5 Å². The van der Waals surface area contributed by atoms with E-state index in [9.17, 15) is 14.4 Å². The highest BCUT2D eigenvalue weighted by molar-refractivity contribution is 9.10. The summed E-state index contributed by atoms with van der Waals surface area (Å²) in [7, 11) is 0. The average Bonchev–Trinajstić information content (AvgIpc) is 2.60. The van der Waals surface area contributed by atoms with E-state index in [4.69, 9.17) is 4.74 Å². The molecule has 2 aromatic rings. The quantitative estimate of drug-likeness (QED) is 0.680. The van der Waals surface area contributed by atoms with Crippen molar-refractivity contribution in [1.82, 2.24) is 10.9 Å². The minimum atomic E-state index is -0.609. The van der Waals surface area contributed by atoms with Crippen LogP contribution in [-0.2, 0) is 4.74 Å². The van der Waals surface area contributed by atoms with Crippen LogP contribution in [-0.4, -0.2) is 24.5 Å². The Bertz CT molecular complexity index is 795. The maximum Gasteiger partial charge on any atom is 0.411 e. The molecule has 0 aliphatic rings. The molecule has 0 saturated heterocycles. The zero-order valence-electron chi connectivity index (χ0n) is 13.3. The van der Waals surface area contributed by atoms with Crippen molar-refractivity contribution >= 4 is 39.5 Å². The van der Waals surface area contributed by atoms with Gasteiger partial charge in [-0.05, 0) is 53.2 Å². The van der Waals surface area contributed by atoms with Crippen LogP contribution >= 0.6 is 15.9 Å². The first-order chi connectivity index (χ1) is 12.0. The third kappa shape index (κ3) is 5.32. The first-order valence-corrected chi connectivity index (χ1v) is 8.19. The van der Waals surface area contributed by atoms with E-state index in [1.807, 2.05) is 0 Å². The van der Waals surface area contributed by atoms with Crippen molar-refractivity contribution in [2.75, 3.05) is 11.9 Å². The summed E-state index contributed by atoms with van der Waals surface area (Å²) in [5.41, 5.74) is 5.73. The van der Waals surface area contributed by atoms with Gasteiger partial charge in [-0.2, -0.15) is 0 Å². The van der Waals surface area contributed by atoms with Gasteiger partial charge in [0.2, 0.25) is 0 Å². The van der Waals surface area contributed by atoms with Crippen LogP contribution in [0.3, 0.4) is 0 Å². The highest BCUT2D eigenvalue weighted by atomic mass is 79.9. The number of rotatable bonds is 4. The Morgan fingerprint density at radius 1 is 1.00 bits per heavy atom. The Labute approximate surface area is 152 Å². The number of hydrazine groups is 1. The highest BCUT2D eigenvalue weighted by Gasteiger charge is 2.12. The Morgan fingerprint density at radius 3 is 2.44 bits per heavy atom. The molecule has 0 fully saturated rings. The predicted molar refractivity (Wildman–Crippen MR) is 96.2 cm³/mol. The zero-order chi connectivity index (χ0) is 18.2. The third-order valence-corrected chi connectivity index (χ3v) is 3.75. The third-order valence-electron chi connectivity index (χ3n) is 3.05. The Kier molecular flexibility index (Phi) is 6.53. The van der Waals surface area contributed by atoms with Crippen LogP contribution in [0.1, 0.15) is 27.6 Å². The molecule has 3 amide bonds. The van der Waals surface area contributed by atoms with Crippen LogP contribution in [0, 0.1) is 0 Å². The minimum absolute atomic E-state index is 0.243. The Hall–Kier alpha value is -2.87. The average molecular weight is 406 g/mol. The molecule has 0 aliphatic heterocycles. The maximum absolute atomic E-state index is 12.1. The van der Waals surface area contributed by atoms with E-state index in [0.717, 1.165) is 0 Å². The van der Waals surface area contributed by atoms with Gasteiger partial charge in [0.25, 0.3) is 11.8 Å². The molecule has 0 unspecified atom stereocenters. The number of halogens is 1. The zero-order valence-corrected chi connectivity index (χ0v) is 14.9. The smallest absolute Gasteiger partial charge is 0.411 e. The monoisotopic (exact) mass is 405 g/mol. The Morgan fingerprint density at radius 2 is 1.72 bits per heavy atom. The first kappa shape index (κ1) is 18.5. The van der Waals surface area contributed by atoms with Crippen molar-refractivity contribution in [1.29, 1.82) is 0 Å². The number of carbonyl (C=O) groups excluding carboxylic acids is 3. The van der Waals surface area contributed by atoms with Crippen LogP contribution in [0.15, 0.2) is 53.0 Å². The van der Waals surface area contributed by atoms with E-state index >= 15 is 0 Å². The van der Waals surface area contributed by atoms with Gasteiger partial charge in [-0.15, -0.1) is 0 Å². The van der Waals surface area contributed by atoms with E-state index in [0.29, 0.717) is 15.7 Å². The van der Waals surface area contributed by atoms with Gasteiger partial charge in [-0.25, -0.2) is 4.79 Å². The summed E-state index contributed by atoms with van der Waals surface area (Å²) in [6, 6.07) is 13.1. The highest BCUT2D eigenvalue weighted by Crippen LogP contribution is 2.15. The lowest BCUT2D eigenvalue weighted by molar-refractivity contribution is 0.0846. The fraction of sp³-hybridized carbons (Fsp3) is 0.118. The number of benzene rings is 2. The molecule has 0 radical (unpaired) electrons. The number of nitrogens with one attached hydrogen (secondary N) is 3. The van der Waals surface area contributed by atoms with Crippen molar-refractivity contribution in [3.05, 3.63) is 64.1 Å². The molecule has 0 spiro atoms. The summed E-state index contributed by atoms with van der Waals surface area (Å²) in [5, 5.41) is 2.50. The second-order valence-electron chi connectivity index (χ2n) is 4.81. The molecule has 3 N–H and O–H groups in total. The van der Waals surface area contributed by atoms with Crippen LogP contribution in [0.25, 0.3) is 0 Å². The normalized spacial score (nSPS) is 9.84. The van der Waals surface area contributed by atoms with Gasteiger partial charge in [0.05, 0.1) is 12.2 Å². The molecule has 8 heteroatoms. The van der Waals surface area contributed by atoms with Crippen LogP contribution in [0.5, 0.6) is 0 Å². The predicted octanol–water partition coefficient (Wildman–Crippen LogP) is 3.09. The van der Waals surface area contributed by atoms with E-state index in [1.54, 1.807) is 49.4 Å². The summed E-state index contributed by atoms with van der Waals surface area (Å²) in [5.74, 6) is -0.977. The second kappa shape index (κ2) is 8.84. The molecule has 130 valence electrons. The number of amides is 3. The number of ether oxygens (including phenoxy) is 1. The van der Waals surface area contributed by atoms with Gasteiger partial charge in [-0.1, -0.05) is 18.2 Å².